The van der Waals surface area contributed by atoms with Gasteiger partial charge in [-0.1, -0.05) is 15.9 Å². The van der Waals surface area contributed by atoms with Crippen molar-refractivity contribution in [3.8, 4) is 11.5 Å². The van der Waals surface area contributed by atoms with Crippen molar-refractivity contribution in [3.63, 3.8) is 0 Å². The van der Waals surface area contributed by atoms with Gasteiger partial charge in [-0.3, -0.25) is 0 Å². The molecule has 2 aliphatic heterocycles. The molecule has 2 heterocycles. The zero-order valence-corrected chi connectivity index (χ0v) is 10.8. The third kappa shape index (κ3) is 1.91. The minimum absolute atomic E-state index is 0.0696. The molecule has 1 atom stereocenters. The van der Waals surface area contributed by atoms with E-state index in [1.54, 1.807) is 6.07 Å². The lowest BCUT2D eigenvalue weighted by Crippen LogP contribution is -2.20. The summed E-state index contributed by atoms with van der Waals surface area (Å²) in [5.41, 5.74) is 0.659. The van der Waals surface area contributed by atoms with Crippen LogP contribution >= 0.6 is 15.9 Å². The van der Waals surface area contributed by atoms with Crippen LogP contribution in [0, 0.1) is 5.82 Å². The molecule has 0 aliphatic carbocycles. The summed E-state index contributed by atoms with van der Waals surface area (Å²) in [5, 5.41) is 3.29. The van der Waals surface area contributed by atoms with E-state index >= 15 is 0 Å². The molecule has 1 unspecified atom stereocenters. The Labute approximate surface area is 107 Å². The maximum Gasteiger partial charge on any atom is 0.197 e. The molecule has 1 fully saturated rings. The van der Waals surface area contributed by atoms with Crippen LogP contribution in [0.3, 0.4) is 0 Å². The van der Waals surface area contributed by atoms with Crippen LogP contribution in [-0.2, 0) is 0 Å². The monoisotopic (exact) mass is 301 g/mol. The lowest BCUT2D eigenvalue weighted by Gasteiger charge is -2.23. The minimum atomic E-state index is -0.298. The van der Waals surface area contributed by atoms with Crippen LogP contribution in [-0.4, -0.2) is 19.8 Å². The minimum Gasteiger partial charge on any atom is -0.486 e. The van der Waals surface area contributed by atoms with E-state index < -0.39 is 0 Å². The summed E-state index contributed by atoms with van der Waals surface area (Å²) in [6.07, 6.45) is 2.03. The van der Waals surface area contributed by atoms with Gasteiger partial charge in [-0.25, -0.2) is 4.39 Å². The zero-order chi connectivity index (χ0) is 11.8. The highest BCUT2D eigenvalue weighted by Gasteiger charge is 2.28. The molecule has 1 saturated heterocycles. The van der Waals surface area contributed by atoms with Crippen molar-refractivity contribution in [1.29, 1.82) is 0 Å². The first kappa shape index (κ1) is 11.3. The van der Waals surface area contributed by atoms with Crippen molar-refractivity contribution >= 4 is 15.9 Å². The second-order valence-corrected chi connectivity index (χ2v) is 5.11. The molecular formula is C12H13BrFNO2. The van der Waals surface area contributed by atoms with Gasteiger partial charge in [0.15, 0.2) is 17.3 Å². The fraction of sp³-hybridized carbons (Fsp3) is 0.500. The molecule has 1 N–H and O–H groups in total. The number of rotatable bonds is 1. The fourth-order valence-electron chi connectivity index (χ4n) is 2.38. The van der Waals surface area contributed by atoms with E-state index in [0.29, 0.717) is 24.5 Å². The Hall–Kier alpha value is -0.810. The Balaban J connectivity index is 2.08. The molecule has 3 rings (SSSR count). The number of halogens is 2. The zero-order valence-electron chi connectivity index (χ0n) is 9.26. The molecule has 5 heteroatoms. The molecule has 0 aromatic heterocycles. The second-order valence-electron chi connectivity index (χ2n) is 4.26. The van der Waals surface area contributed by atoms with E-state index in [2.05, 4.69) is 21.2 Å². The van der Waals surface area contributed by atoms with Gasteiger partial charge in [0.25, 0.3) is 0 Å². The summed E-state index contributed by atoms with van der Waals surface area (Å²) in [6.45, 7) is 1.81. The molecule has 2 aliphatic rings. The quantitative estimate of drug-likeness (QED) is 0.865. The van der Waals surface area contributed by atoms with Crippen molar-refractivity contribution in [1.82, 2.24) is 5.32 Å². The number of ether oxygens (including phenoxy) is 2. The number of hydrogen-bond donors (Lipinski definition) is 1. The normalized spacial score (nSPS) is 22.8. The predicted octanol–water partition coefficient (Wildman–Crippen LogP) is 2.78. The van der Waals surface area contributed by atoms with Gasteiger partial charge in [-0.05, 0) is 25.5 Å². The average Bonchev–Trinajstić information content (AvgIpc) is 2.83. The van der Waals surface area contributed by atoms with Crippen LogP contribution in [0.5, 0.6) is 11.5 Å². The Morgan fingerprint density at radius 2 is 2.18 bits per heavy atom. The number of benzene rings is 1. The summed E-state index contributed by atoms with van der Waals surface area (Å²) < 4.78 is 25.9. The Morgan fingerprint density at radius 3 is 2.94 bits per heavy atom. The molecule has 1 aromatic rings. The van der Waals surface area contributed by atoms with Crippen molar-refractivity contribution < 1.29 is 13.9 Å². The topological polar surface area (TPSA) is 30.5 Å². The van der Waals surface area contributed by atoms with Crippen LogP contribution in [0.4, 0.5) is 4.39 Å². The first-order valence-corrected chi connectivity index (χ1v) is 6.57. The van der Waals surface area contributed by atoms with Crippen molar-refractivity contribution in [2.75, 3.05) is 19.8 Å². The van der Waals surface area contributed by atoms with Gasteiger partial charge in [-0.2, -0.15) is 0 Å². The summed E-state index contributed by atoms with van der Waals surface area (Å²) in [6, 6.07) is 1.87. The number of hydrogen-bond acceptors (Lipinski definition) is 3. The van der Waals surface area contributed by atoms with E-state index in [1.165, 1.54) is 0 Å². The Bertz CT molecular complexity index is 447. The fourth-order valence-corrected chi connectivity index (χ4v) is 3.04. The molecule has 17 heavy (non-hydrogen) atoms. The maximum absolute atomic E-state index is 14.4. The van der Waals surface area contributed by atoms with Gasteiger partial charge in [0.05, 0.1) is 0 Å². The van der Waals surface area contributed by atoms with E-state index in [-0.39, 0.29) is 17.6 Å². The number of nitrogens with one attached hydrogen (secondary N) is 1. The molecular weight excluding hydrogens is 289 g/mol. The van der Waals surface area contributed by atoms with Crippen LogP contribution in [0.15, 0.2) is 10.5 Å². The van der Waals surface area contributed by atoms with Crippen molar-refractivity contribution in [3.05, 3.63) is 21.9 Å². The predicted molar refractivity (Wildman–Crippen MR) is 65.1 cm³/mol. The summed E-state index contributed by atoms with van der Waals surface area (Å²) in [4.78, 5) is 0. The average molecular weight is 302 g/mol. The lowest BCUT2D eigenvalue weighted by atomic mass is 10.0. The highest BCUT2D eigenvalue weighted by molar-refractivity contribution is 9.10. The molecule has 92 valence electrons. The van der Waals surface area contributed by atoms with Crippen LogP contribution < -0.4 is 14.8 Å². The third-order valence-corrected chi connectivity index (χ3v) is 3.83. The summed E-state index contributed by atoms with van der Waals surface area (Å²) in [7, 11) is 0. The SMILES string of the molecule is Fc1c2c(cc(Br)c1C1CCCN1)OCCO2. The first-order valence-electron chi connectivity index (χ1n) is 5.78. The Morgan fingerprint density at radius 1 is 1.35 bits per heavy atom. The molecule has 0 radical (unpaired) electrons. The van der Waals surface area contributed by atoms with Gasteiger partial charge in [-0.15, -0.1) is 0 Å². The molecule has 0 saturated carbocycles. The maximum atomic E-state index is 14.4. The smallest absolute Gasteiger partial charge is 0.197 e. The largest absolute Gasteiger partial charge is 0.486 e. The summed E-state index contributed by atoms with van der Waals surface area (Å²) >= 11 is 3.42. The molecule has 0 amide bonds. The van der Waals surface area contributed by atoms with Crippen LogP contribution in [0.2, 0.25) is 0 Å². The third-order valence-electron chi connectivity index (χ3n) is 3.17. The first-order chi connectivity index (χ1) is 8.27. The molecule has 0 bridgehead atoms. The lowest BCUT2D eigenvalue weighted by molar-refractivity contribution is 0.163. The van der Waals surface area contributed by atoms with Gasteiger partial charge >= 0.3 is 0 Å². The van der Waals surface area contributed by atoms with Crippen LogP contribution in [0.1, 0.15) is 24.4 Å². The van der Waals surface area contributed by atoms with E-state index in [9.17, 15) is 4.39 Å². The van der Waals surface area contributed by atoms with Gasteiger partial charge in [0.2, 0.25) is 0 Å². The summed E-state index contributed by atoms with van der Waals surface area (Å²) in [5.74, 6) is 0.444. The Kier molecular flexibility index (Phi) is 2.96. The molecule has 3 nitrogen and oxygen atoms in total. The van der Waals surface area contributed by atoms with E-state index in [1.807, 2.05) is 0 Å². The van der Waals surface area contributed by atoms with Gasteiger partial charge < -0.3 is 14.8 Å². The van der Waals surface area contributed by atoms with Gasteiger partial charge in [0.1, 0.15) is 13.2 Å². The van der Waals surface area contributed by atoms with Crippen molar-refractivity contribution in [2.24, 2.45) is 0 Å². The van der Waals surface area contributed by atoms with E-state index in [4.69, 9.17) is 9.47 Å². The van der Waals surface area contributed by atoms with Crippen molar-refractivity contribution in [2.45, 2.75) is 18.9 Å². The number of fused-ring (bicyclic) bond motifs is 1. The second kappa shape index (κ2) is 4.46. The highest BCUT2D eigenvalue weighted by Crippen LogP contribution is 2.42. The standard InChI is InChI=1S/C12H13BrFNO2/c13-7-6-9-12(17-5-4-16-9)11(14)10(7)8-2-1-3-15-8/h6,8,15H,1-5H2. The van der Waals surface area contributed by atoms with Crippen LogP contribution in [0.25, 0.3) is 0 Å². The van der Waals surface area contributed by atoms with Gasteiger partial charge in [0, 0.05) is 16.1 Å². The molecule has 1 aromatic carbocycles. The highest BCUT2D eigenvalue weighted by atomic mass is 79.9. The molecule has 0 spiro atoms. The van der Waals surface area contributed by atoms with E-state index in [0.717, 1.165) is 23.9 Å².